The zero-order valence-corrected chi connectivity index (χ0v) is 25.3. The van der Waals surface area contributed by atoms with E-state index in [1.54, 1.807) is 5.82 Å². The first-order chi connectivity index (χ1) is 17.8. The monoisotopic (exact) mass is 504 g/mol. The summed E-state index contributed by atoms with van der Waals surface area (Å²) in [6.07, 6.45) is 41.6. The maximum absolute atomic E-state index is 2.59. The van der Waals surface area contributed by atoms with Gasteiger partial charge < -0.3 is 0 Å². The van der Waals surface area contributed by atoms with E-state index < -0.39 is 0 Å². The molecule has 0 spiro atoms. The van der Waals surface area contributed by atoms with Gasteiger partial charge in [-0.1, -0.05) is 156 Å². The second-order valence-corrected chi connectivity index (χ2v) is 11.6. The van der Waals surface area contributed by atoms with Gasteiger partial charge in [-0.2, -0.15) is 0 Å². The predicted octanol–water partition coefficient (Wildman–Crippen LogP) is 11.1. The molecule has 1 heterocycles. The van der Waals surface area contributed by atoms with E-state index in [-0.39, 0.29) is 0 Å². The molecule has 1 aromatic heterocycles. The Labute approximate surface area is 228 Å². The topological polar surface area (TPSA) is 8.81 Å². The number of rotatable bonds is 28. The predicted molar refractivity (Wildman–Crippen MR) is 161 cm³/mol. The molecule has 2 nitrogen and oxygen atoms in total. The van der Waals surface area contributed by atoms with Crippen molar-refractivity contribution >= 4 is 0 Å². The Morgan fingerprint density at radius 3 is 1.31 bits per heavy atom. The smallest absolute Gasteiger partial charge is 0.234 e. The third-order valence-corrected chi connectivity index (χ3v) is 8.10. The lowest BCUT2D eigenvalue weighted by Crippen LogP contribution is -2.37. The van der Waals surface area contributed by atoms with E-state index in [1.807, 2.05) is 0 Å². The maximum Gasteiger partial charge on any atom is 0.256 e. The molecule has 0 fully saturated rings. The van der Waals surface area contributed by atoms with E-state index in [0.717, 1.165) is 0 Å². The van der Waals surface area contributed by atoms with Crippen LogP contribution in [0.2, 0.25) is 0 Å². The van der Waals surface area contributed by atoms with Crippen LogP contribution in [0.15, 0.2) is 12.4 Å². The molecule has 0 aliphatic carbocycles. The van der Waals surface area contributed by atoms with Gasteiger partial charge in [0, 0.05) is 6.42 Å². The molecular weight excluding hydrogens is 436 g/mol. The van der Waals surface area contributed by atoms with Gasteiger partial charge in [-0.25, -0.2) is 9.13 Å². The summed E-state index contributed by atoms with van der Waals surface area (Å²) < 4.78 is 5.16. The van der Waals surface area contributed by atoms with Crippen LogP contribution in [-0.4, -0.2) is 4.57 Å². The first-order valence-corrected chi connectivity index (χ1v) is 16.9. The van der Waals surface area contributed by atoms with Gasteiger partial charge in [0.15, 0.2) is 0 Å². The Hall–Kier alpha value is -0.790. The van der Waals surface area contributed by atoms with Crippen molar-refractivity contribution in [3.63, 3.8) is 0 Å². The minimum Gasteiger partial charge on any atom is -0.234 e. The molecule has 0 radical (unpaired) electrons. The first-order valence-electron chi connectivity index (χ1n) is 16.9. The van der Waals surface area contributed by atoms with Gasteiger partial charge in [0.2, 0.25) is 0 Å². The van der Waals surface area contributed by atoms with Crippen molar-refractivity contribution in [3.8, 4) is 0 Å². The third-order valence-electron chi connectivity index (χ3n) is 8.10. The van der Waals surface area contributed by atoms with Crippen LogP contribution >= 0.6 is 0 Å². The van der Waals surface area contributed by atoms with Crippen LogP contribution in [0.25, 0.3) is 0 Å². The SMILES string of the molecule is CCCCCCCCCCCCCCCCCCc1n(CCCC)cc[n+]1CCCCCCCCC. The fourth-order valence-corrected chi connectivity index (χ4v) is 5.59. The average molecular weight is 504 g/mol. The minimum atomic E-state index is 1.20. The van der Waals surface area contributed by atoms with Gasteiger partial charge in [-0.05, 0) is 25.7 Å². The average Bonchev–Trinajstić information content (AvgIpc) is 3.27. The molecule has 0 bridgehead atoms. The second kappa shape index (κ2) is 25.8. The number of unbranched alkanes of at least 4 members (excludes halogenated alkanes) is 22. The van der Waals surface area contributed by atoms with Gasteiger partial charge in [0.05, 0.1) is 13.1 Å². The van der Waals surface area contributed by atoms with E-state index >= 15 is 0 Å². The zero-order valence-electron chi connectivity index (χ0n) is 25.3. The molecule has 0 aliphatic rings. The summed E-state index contributed by atoms with van der Waals surface area (Å²) in [5, 5.41) is 0. The number of aromatic nitrogens is 2. The van der Waals surface area contributed by atoms with Crippen LogP contribution in [0.1, 0.15) is 187 Å². The lowest BCUT2D eigenvalue weighted by atomic mass is 10.0. The molecular formula is C34H67N2+. The first kappa shape index (κ1) is 33.2. The quantitative estimate of drug-likeness (QED) is 0.0794. The van der Waals surface area contributed by atoms with Gasteiger partial charge in [0.1, 0.15) is 12.4 Å². The number of aryl methyl sites for hydroxylation is 2. The van der Waals surface area contributed by atoms with Crippen LogP contribution in [0.4, 0.5) is 0 Å². The Morgan fingerprint density at radius 1 is 0.472 bits per heavy atom. The van der Waals surface area contributed by atoms with E-state index in [2.05, 4.69) is 42.3 Å². The van der Waals surface area contributed by atoms with Crippen molar-refractivity contribution in [3.05, 3.63) is 18.2 Å². The van der Waals surface area contributed by atoms with Crippen molar-refractivity contribution < 1.29 is 4.57 Å². The molecule has 0 amide bonds. The molecule has 0 aliphatic heterocycles. The Morgan fingerprint density at radius 2 is 0.861 bits per heavy atom. The zero-order chi connectivity index (χ0) is 25.9. The molecule has 0 aromatic carbocycles. The molecule has 36 heavy (non-hydrogen) atoms. The standard InChI is InChI=1S/C34H67N2/c1-4-7-10-12-14-15-16-17-18-19-20-21-22-23-25-27-29-34-35(30-9-6-3)32-33-36(34)31-28-26-24-13-11-8-5-2/h32-33H,4-31H2,1-3H3/q+1. The van der Waals surface area contributed by atoms with E-state index in [9.17, 15) is 0 Å². The molecule has 0 unspecified atom stereocenters. The molecule has 0 N–H and O–H groups in total. The summed E-state index contributed by atoms with van der Waals surface area (Å²) in [7, 11) is 0. The molecule has 2 heteroatoms. The fraction of sp³-hybridized carbons (Fsp3) is 0.912. The summed E-state index contributed by atoms with van der Waals surface area (Å²) in [5.41, 5.74) is 0. The summed E-state index contributed by atoms with van der Waals surface area (Å²) >= 11 is 0. The summed E-state index contributed by atoms with van der Waals surface area (Å²) in [6, 6.07) is 0. The van der Waals surface area contributed by atoms with Crippen molar-refractivity contribution in [1.82, 2.24) is 4.57 Å². The molecule has 0 atom stereocenters. The van der Waals surface area contributed by atoms with Gasteiger partial charge in [-0.3, -0.25) is 0 Å². The Kier molecular flexibility index (Phi) is 23.9. The third kappa shape index (κ3) is 18.5. The fourth-order valence-electron chi connectivity index (χ4n) is 5.59. The maximum atomic E-state index is 2.59. The van der Waals surface area contributed by atoms with Crippen molar-refractivity contribution in [2.75, 3.05) is 0 Å². The van der Waals surface area contributed by atoms with E-state index in [1.165, 1.54) is 180 Å². The van der Waals surface area contributed by atoms with Gasteiger partial charge >= 0.3 is 0 Å². The molecule has 212 valence electrons. The van der Waals surface area contributed by atoms with Crippen LogP contribution in [0.3, 0.4) is 0 Å². The van der Waals surface area contributed by atoms with Crippen molar-refractivity contribution in [2.24, 2.45) is 0 Å². The van der Waals surface area contributed by atoms with Crippen LogP contribution in [-0.2, 0) is 19.5 Å². The molecule has 0 saturated heterocycles. The molecule has 0 saturated carbocycles. The highest BCUT2D eigenvalue weighted by molar-refractivity contribution is 4.84. The number of hydrogen-bond acceptors (Lipinski definition) is 0. The Bertz CT molecular complexity index is 562. The highest BCUT2D eigenvalue weighted by Gasteiger charge is 2.16. The highest BCUT2D eigenvalue weighted by atomic mass is 15.1. The minimum absolute atomic E-state index is 1.20. The van der Waals surface area contributed by atoms with E-state index in [4.69, 9.17) is 0 Å². The molecule has 1 aromatic rings. The number of nitrogens with zero attached hydrogens (tertiary/aromatic N) is 2. The van der Waals surface area contributed by atoms with Gasteiger partial charge in [0.25, 0.3) is 5.82 Å². The normalized spacial score (nSPS) is 11.5. The summed E-state index contributed by atoms with van der Waals surface area (Å²) in [6.45, 7) is 9.35. The number of imidazole rings is 1. The lowest BCUT2D eigenvalue weighted by Gasteiger charge is -2.06. The van der Waals surface area contributed by atoms with Crippen LogP contribution in [0.5, 0.6) is 0 Å². The van der Waals surface area contributed by atoms with Crippen LogP contribution in [0, 0.1) is 0 Å². The summed E-state index contributed by atoms with van der Waals surface area (Å²) in [4.78, 5) is 0. The van der Waals surface area contributed by atoms with Crippen molar-refractivity contribution in [1.29, 1.82) is 0 Å². The van der Waals surface area contributed by atoms with Crippen molar-refractivity contribution in [2.45, 2.75) is 201 Å². The number of hydrogen-bond donors (Lipinski definition) is 0. The highest BCUT2D eigenvalue weighted by Crippen LogP contribution is 2.15. The second-order valence-electron chi connectivity index (χ2n) is 11.6. The summed E-state index contributed by atoms with van der Waals surface area (Å²) in [5.74, 6) is 1.60. The Balaban J connectivity index is 2.09. The van der Waals surface area contributed by atoms with E-state index in [0.29, 0.717) is 0 Å². The lowest BCUT2D eigenvalue weighted by molar-refractivity contribution is -0.704. The largest absolute Gasteiger partial charge is 0.256 e. The van der Waals surface area contributed by atoms with Crippen LogP contribution < -0.4 is 4.57 Å². The van der Waals surface area contributed by atoms with Gasteiger partial charge in [-0.15, -0.1) is 0 Å². The molecule has 1 rings (SSSR count).